The Morgan fingerprint density at radius 2 is 1.84 bits per heavy atom. The molecule has 2 aromatic carbocycles. The van der Waals surface area contributed by atoms with Crippen molar-refractivity contribution < 1.29 is 9.21 Å². The molecule has 0 unspecified atom stereocenters. The molecule has 4 aromatic rings. The van der Waals surface area contributed by atoms with Crippen LogP contribution in [0.5, 0.6) is 0 Å². The van der Waals surface area contributed by atoms with Gasteiger partial charge in [0.25, 0.3) is 0 Å². The fraction of sp³-hybridized carbons (Fsp3) is 0.240. The zero-order valence-electron chi connectivity index (χ0n) is 18.4. The van der Waals surface area contributed by atoms with Crippen molar-refractivity contribution in [3.63, 3.8) is 0 Å². The lowest BCUT2D eigenvalue weighted by Crippen LogP contribution is -2.14. The zero-order chi connectivity index (χ0) is 22.5. The van der Waals surface area contributed by atoms with Gasteiger partial charge in [0.05, 0.1) is 12.0 Å². The highest BCUT2D eigenvalue weighted by Crippen LogP contribution is 2.28. The van der Waals surface area contributed by atoms with E-state index in [-0.39, 0.29) is 11.7 Å². The highest BCUT2D eigenvalue weighted by Gasteiger charge is 2.19. The number of benzene rings is 2. The normalized spacial score (nSPS) is 12.0. The standard InChI is InChI=1S/C25H26N4O2S/c1-4-18(3)19-9-11-20(12-10-19)26-23(30)16-32-25-28-27-24(22-6-5-15-31-22)29(25)21-13-7-17(2)8-14-21/h5-15,18H,4,16H2,1-3H3,(H,26,30)/t18-/m0/s1. The van der Waals surface area contributed by atoms with Crippen molar-refractivity contribution in [1.82, 2.24) is 14.8 Å². The number of aromatic nitrogens is 3. The lowest BCUT2D eigenvalue weighted by atomic mass is 9.99. The molecule has 0 radical (unpaired) electrons. The molecular formula is C25H26N4O2S. The van der Waals surface area contributed by atoms with E-state index in [1.54, 1.807) is 6.26 Å². The first-order valence-electron chi connectivity index (χ1n) is 10.6. The first-order valence-corrected chi connectivity index (χ1v) is 11.6. The molecule has 7 heteroatoms. The number of nitrogens with zero attached hydrogens (tertiary/aromatic N) is 3. The summed E-state index contributed by atoms with van der Waals surface area (Å²) in [6, 6.07) is 19.8. The molecule has 6 nitrogen and oxygen atoms in total. The SMILES string of the molecule is CC[C@H](C)c1ccc(NC(=O)CSc2nnc(-c3ccco3)n2-c2ccc(C)cc2)cc1. The van der Waals surface area contributed by atoms with E-state index in [4.69, 9.17) is 4.42 Å². The van der Waals surface area contributed by atoms with Crippen molar-refractivity contribution in [3.05, 3.63) is 78.1 Å². The summed E-state index contributed by atoms with van der Waals surface area (Å²) in [5.41, 5.74) is 4.14. The highest BCUT2D eigenvalue weighted by molar-refractivity contribution is 7.99. The monoisotopic (exact) mass is 446 g/mol. The van der Waals surface area contributed by atoms with Crippen LogP contribution in [0.2, 0.25) is 0 Å². The summed E-state index contributed by atoms with van der Waals surface area (Å²) in [5, 5.41) is 12.2. The molecule has 0 aliphatic heterocycles. The maximum absolute atomic E-state index is 12.6. The van der Waals surface area contributed by atoms with Crippen LogP contribution in [0.3, 0.4) is 0 Å². The third-order valence-electron chi connectivity index (χ3n) is 5.38. The van der Waals surface area contributed by atoms with E-state index in [1.807, 2.05) is 60.0 Å². The number of hydrogen-bond donors (Lipinski definition) is 1. The lowest BCUT2D eigenvalue weighted by Gasteiger charge is -2.11. The Morgan fingerprint density at radius 3 is 2.50 bits per heavy atom. The molecule has 4 rings (SSSR count). The van der Waals surface area contributed by atoms with E-state index in [0.29, 0.717) is 22.7 Å². The zero-order valence-corrected chi connectivity index (χ0v) is 19.2. The molecule has 1 amide bonds. The lowest BCUT2D eigenvalue weighted by molar-refractivity contribution is -0.113. The van der Waals surface area contributed by atoms with Crippen LogP contribution < -0.4 is 5.32 Å². The largest absolute Gasteiger partial charge is 0.461 e. The molecule has 0 aliphatic rings. The Kier molecular flexibility index (Phi) is 6.75. The summed E-state index contributed by atoms with van der Waals surface area (Å²) in [6.45, 7) is 6.41. The van der Waals surface area contributed by atoms with Crippen LogP contribution in [0.4, 0.5) is 5.69 Å². The Labute approximate surface area is 192 Å². The van der Waals surface area contributed by atoms with Gasteiger partial charge in [-0.2, -0.15) is 0 Å². The van der Waals surface area contributed by atoms with Gasteiger partial charge in [0.15, 0.2) is 10.9 Å². The summed E-state index contributed by atoms with van der Waals surface area (Å²) in [4.78, 5) is 12.6. The third kappa shape index (κ3) is 4.94. The smallest absolute Gasteiger partial charge is 0.234 e. The number of thioether (sulfide) groups is 1. The van der Waals surface area contributed by atoms with Gasteiger partial charge in [-0.15, -0.1) is 10.2 Å². The molecule has 32 heavy (non-hydrogen) atoms. The minimum Gasteiger partial charge on any atom is -0.461 e. The van der Waals surface area contributed by atoms with Crippen molar-refractivity contribution >= 4 is 23.4 Å². The van der Waals surface area contributed by atoms with Gasteiger partial charge in [0.1, 0.15) is 0 Å². The van der Waals surface area contributed by atoms with Crippen molar-refractivity contribution in [2.24, 2.45) is 0 Å². The van der Waals surface area contributed by atoms with E-state index < -0.39 is 0 Å². The van der Waals surface area contributed by atoms with Crippen LogP contribution >= 0.6 is 11.8 Å². The summed E-state index contributed by atoms with van der Waals surface area (Å²) in [5.74, 6) is 1.85. The van der Waals surface area contributed by atoms with Crippen molar-refractivity contribution in [2.45, 2.75) is 38.3 Å². The van der Waals surface area contributed by atoms with Crippen molar-refractivity contribution in [2.75, 3.05) is 11.1 Å². The second-order valence-electron chi connectivity index (χ2n) is 7.72. The molecule has 0 bridgehead atoms. The number of nitrogens with one attached hydrogen (secondary N) is 1. The summed E-state index contributed by atoms with van der Waals surface area (Å²) in [6.07, 6.45) is 2.69. The maximum Gasteiger partial charge on any atom is 0.234 e. The summed E-state index contributed by atoms with van der Waals surface area (Å²) >= 11 is 1.34. The van der Waals surface area contributed by atoms with Crippen molar-refractivity contribution in [3.8, 4) is 17.3 Å². The molecule has 0 fully saturated rings. The van der Waals surface area contributed by atoms with Gasteiger partial charge in [0.2, 0.25) is 11.7 Å². The average molecular weight is 447 g/mol. The number of furan rings is 1. The van der Waals surface area contributed by atoms with E-state index in [2.05, 4.69) is 41.5 Å². The van der Waals surface area contributed by atoms with E-state index in [0.717, 1.165) is 23.4 Å². The number of carbonyl (C=O) groups excluding carboxylic acids is 1. The molecule has 0 spiro atoms. The van der Waals surface area contributed by atoms with Crippen LogP contribution in [0.1, 0.15) is 37.3 Å². The molecule has 164 valence electrons. The summed E-state index contributed by atoms with van der Waals surface area (Å²) in [7, 11) is 0. The van der Waals surface area contributed by atoms with Gasteiger partial charge < -0.3 is 9.73 Å². The van der Waals surface area contributed by atoms with Gasteiger partial charge in [-0.05, 0) is 61.2 Å². The molecule has 1 N–H and O–H groups in total. The van der Waals surface area contributed by atoms with Crippen LogP contribution in [0, 0.1) is 6.92 Å². The van der Waals surface area contributed by atoms with E-state index >= 15 is 0 Å². The third-order valence-corrected chi connectivity index (χ3v) is 6.30. The molecule has 0 saturated carbocycles. The molecule has 1 atom stereocenters. The predicted octanol–water partition coefficient (Wildman–Crippen LogP) is 6.08. The number of hydrogen-bond acceptors (Lipinski definition) is 5. The Bertz CT molecular complexity index is 1170. The first-order chi connectivity index (χ1) is 15.5. The Hall–Kier alpha value is -3.32. The van der Waals surface area contributed by atoms with Gasteiger partial charge in [0, 0.05) is 11.4 Å². The van der Waals surface area contributed by atoms with Gasteiger partial charge in [-0.1, -0.05) is 55.4 Å². The van der Waals surface area contributed by atoms with Crippen molar-refractivity contribution in [1.29, 1.82) is 0 Å². The van der Waals surface area contributed by atoms with Crippen LogP contribution in [-0.2, 0) is 4.79 Å². The predicted molar refractivity (Wildman–Crippen MR) is 128 cm³/mol. The van der Waals surface area contributed by atoms with Gasteiger partial charge in [-0.3, -0.25) is 9.36 Å². The number of rotatable bonds is 8. The molecule has 0 saturated heterocycles. The molecule has 2 aromatic heterocycles. The minimum absolute atomic E-state index is 0.0932. The Balaban J connectivity index is 1.49. The summed E-state index contributed by atoms with van der Waals surface area (Å²) < 4.78 is 7.46. The average Bonchev–Trinajstić information content (AvgIpc) is 3.48. The fourth-order valence-corrected chi connectivity index (χ4v) is 4.07. The minimum atomic E-state index is -0.0932. The number of anilines is 1. The number of aryl methyl sites for hydroxylation is 1. The molecule has 2 heterocycles. The fourth-order valence-electron chi connectivity index (χ4n) is 3.31. The van der Waals surface area contributed by atoms with Crippen LogP contribution in [0.15, 0.2) is 76.5 Å². The van der Waals surface area contributed by atoms with Crippen LogP contribution in [-0.4, -0.2) is 26.4 Å². The maximum atomic E-state index is 12.6. The highest BCUT2D eigenvalue weighted by atomic mass is 32.2. The molecular weight excluding hydrogens is 420 g/mol. The van der Waals surface area contributed by atoms with E-state index in [9.17, 15) is 4.79 Å². The second-order valence-corrected chi connectivity index (χ2v) is 8.67. The van der Waals surface area contributed by atoms with Gasteiger partial charge in [-0.25, -0.2) is 0 Å². The quantitative estimate of drug-likeness (QED) is 0.332. The number of amides is 1. The van der Waals surface area contributed by atoms with Crippen LogP contribution in [0.25, 0.3) is 17.3 Å². The molecule has 0 aliphatic carbocycles. The van der Waals surface area contributed by atoms with E-state index in [1.165, 1.54) is 17.3 Å². The first kappa shape index (κ1) is 21.9. The second kappa shape index (κ2) is 9.87. The van der Waals surface area contributed by atoms with Gasteiger partial charge >= 0.3 is 0 Å². The Morgan fingerprint density at radius 1 is 1.09 bits per heavy atom. The number of carbonyl (C=O) groups is 1. The topological polar surface area (TPSA) is 73.0 Å².